The first-order chi connectivity index (χ1) is 13.9. The number of Topliss-reactive ketones (excluding diaryl/α,β-unsaturated/α-hetero) is 1. The number of ketones is 1. The van der Waals surface area contributed by atoms with E-state index in [2.05, 4.69) is 19.9 Å². The fraction of sp³-hybridized carbons (Fsp3) is 0.417. The first kappa shape index (κ1) is 19.5. The second-order valence-electron chi connectivity index (χ2n) is 8.11. The number of nitrogens with zero attached hydrogens (tertiary/aromatic N) is 1. The van der Waals surface area contributed by atoms with Crippen LogP contribution in [0.3, 0.4) is 0 Å². The number of carbonyl (C=O) groups excluding carboxylic acids is 2. The summed E-state index contributed by atoms with van der Waals surface area (Å²) in [4.78, 5) is 27.3. The van der Waals surface area contributed by atoms with E-state index in [-0.39, 0.29) is 24.4 Å². The van der Waals surface area contributed by atoms with Crippen LogP contribution in [-0.4, -0.2) is 42.4 Å². The molecule has 0 spiro atoms. The van der Waals surface area contributed by atoms with Gasteiger partial charge in [-0.25, -0.2) is 0 Å². The van der Waals surface area contributed by atoms with Crippen molar-refractivity contribution in [1.29, 1.82) is 0 Å². The highest BCUT2D eigenvalue weighted by atomic mass is 16.5. The van der Waals surface area contributed by atoms with E-state index in [1.165, 1.54) is 0 Å². The number of likely N-dealkylation sites (N-methyl/N-ethyl adjacent to an activating group) is 1. The molecule has 0 fully saturated rings. The summed E-state index contributed by atoms with van der Waals surface area (Å²) in [7, 11) is 0. The lowest BCUT2D eigenvalue weighted by molar-refractivity contribution is -0.132. The summed E-state index contributed by atoms with van der Waals surface area (Å²) in [5, 5.41) is 0. The highest BCUT2D eigenvalue weighted by Gasteiger charge is 2.47. The van der Waals surface area contributed by atoms with Crippen molar-refractivity contribution < 1.29 is 19.1 Å². The van der Waals surface area contributed by atoms with Gasteiger partial charge in [0.25, 0.3) is 5.91 Å². The minimum absolute atomic E-state index is 0.00384. The zero-order valence-electron chi connectivity index (χ0n) is 17.5. The fourth-order valence-electron chi connectivity index (χ4n) is 4.39. The van der Waals surface area contributed by atoms with Gasteiger partial charge in [0.05, 0.1) is 5.57 Å². The number of ether oxygens (including phenoxy) is 2. The molecular formula is C24H27NO4. The van der Waals surface area contributed by atoms with Gasteiger partial charge in [0, 0.05) is 36.1 Å². The van der Waals surface area contributed by atoms with Gasteiger partial charge in [-0.15, -0.1) is 0 Å². The number of allylic oxidation sites excluding steroid dienone is 3. The Kier molecular flexibility index (Phi) is 4.85. The smallest absolute Gasteiger partial charge is 0.260 e. The molecule has 0 saturated carbocycles. The van der Waals surface area contributed by atoms with Gasteiger partial charge in [0.2, 0.25) is 0 Å². The van der Waals surface area contributed by atoms with Crippen molar-refractivity contribution in [1.82, 2.24) is 4.90 Å². The Morgan fingerprint density at radius 3 is 2.76 bits per heavy atom. The van der Waals surface area contributed by atoms with Crippen molar-refractivity contribution in [2.45, 2.75) is 45.6 Å². The first-order valence-electron chi connectivity index (χ1n) is 10.3. The summed E-state index contributed by atoms with van der Waals surface area (Å²) in [6, 6.07) is 5.47. The molecule has 0 N–H and O–H groups in total. The van der Waals surface area contributed by atoms with E-state index in [4.69, 9.17) is 9.47 Å². The Hall–Kier alpha value is -2.82. The predicted octanol–water partition coefficient (Wildman–Crippen LogP) is 3.95. The molecule has 5 nitrogen and oxygen atoms in total. The molecule has 1 heterocycles. The third-order valence-corrected chi connectivity index (χ3v) is 6.07. The molecule has 0 radical (unpaired) electrons. The van der Waals surface area contributed by atoms with Gasteiger partial charge in [-0.3, -0.25) is 9.59 Å². The fourth-order valence-corrected chi connectivity index (χ4v) is 4.39. The Labute approximate surface area is 171 Å². The van der Waals surface area contributed by atoms with Crippen molar-refractivity contribution in [3.8, 4) is 5.75 Å². The van der Waals surface area contributed by atoms with Gasteiger partial charge in [-0.1, -0.05) is 18.2 Å². The molecule has 1 amide bonds. The molecule has 1 aromatic rings. The van der Waals surface area contributed by atoms with Crippen LogP contribution in [0.1, 0.15) is 50.0 Å². The molecule has 0 saturated heterocycles. The van der Waals surface area contributed by atoms with Crippen LogP contribution in [0.5, 0.6) is 5.75 Å². The molecule has 0 aromatic heterocycles. The largest absolute Gasteiger partial charge is 0.488 e. The van der Waals surface area contributed by atoms with E-state index in [0.717, 1.165) is 23.3 Å². The van der Waals surface area contributed by atoms with E-state index in [9.17, 15) is 9.59 Å². The maximum absolute atomic E-state index is 13.3. The van der Waals surface area contributed by atoms with Crippen molar-refractivity contribution in [3.05, 3.63) is 64.5 Å². The molecule has 1 aromatic carbocycles. The van der Waals surface area contributed by atoms with Crippen LogP contribution in [-0.2, 0) is 14.9 Å². The van der Waals surface area contributed by atoms with E-state index in [0.29, 0.717) is 30.0 Å². The topological polar surface area (TPSA) is 55.8 Å². The molecule has 1 unspecified atom stereocenters. The van der Waals surface area contributed by atoms with E-state index in [1.54, 1.807) is 11.0 Å². The average Bonchev–Trinajstić information content (AvgIpc) is 3.12. The molecule has 152 valence electrons. The number of carbonyl (C=O) groups is 2. The lowest BCUT2D eigenvalue weighted by Gasteiger charge is -2.33. The van der Waals surface area contributed by atoms with Gasteiger partial charge in [-0.2, -0.15) is 0 Å². The second-order valence-corrected chi connectivity index (χ2v) is 8.11. The van der Waals surface area contributed by atoms with E-state index >= 15 is 0 Å². The van der Waals surface area contributed by atoms with Crippen molar-refractivity contribution in [2.75, 3.05) is 19.7 Å². The summed E-state index contributed by atoms with van der Waals surface area (Å²) in [5.74, 6) is 1.29. The number of fused-ring (bicyclic) bond motifs is 3. The van der Waals surface area contributed by atoms with Crippen LogP contribution in [0.2, 0.25) is 0 Å². The number of amides is 1. The van der Waals surface area contributed by atoms with Crippen LogP contribution >= 0.6 is 0 Å². The van der Waals surface area contributed by atoms with Gasteiger partial charge < -0.3 is 14.4 Å². The summed E-state index contributed by atoms with van der Waals surface area (Å²) < 4.78 is 12.0. The van der Waals surface area contributed by atoms with Crippen LogP contribution in [0.4, 0.5) is 0 Å². The van der Waals surface area contributed by atoms with Crippen molar-refractivity contribution in [2.24, 2.45) is 0 Å². The van der Waals surface area contributed by atoms with Gasteiger partial charge in [0.15, 0.2) is 12.4 Å². The summed E-state index contributed by atoms with van der Waals surface area (Å²) in [5.41, 5.74) is 2.79. The van der Waals surface area contributed by atoms with E-state index < -0.39 is 5.41 Å². The number of benzene rings is 1. The molecule has 1 aliphatic heterocycles. The number of rotatable bonds is 5. The standard InChI is InChI=1S/C24H27NO4/c1-5-25(6-2)20(26)14-28-15-11-12-16-18(13-15)24(3,4)23-21(22(16)27)17-9-7-8-10-19(17)29-23/h7-9,11-13,19H,5-6,10,14H2,1-4H3. The normalized spacial score (nSPS) is 21.0. The molecule has 2 aliphatic carbocycles. The molecule has 0 bridgehead atoms. The molecule has 3 aliphatic rings. The molecule has 4 rings (SSSR count). The van der Waals surface area contributed by atoms with Gasteiger partial charge in [-0.05, 0) is 51.5 Å². The average molecular weight is 393 g/mol. The monoisotopic (exact) mass is 393 g/mol. The Balaban J connectivity index is 1.64. The summed E-state index contributed by atoms with van der Waals surface area (Å²) in [6.07, 6.45) is 6.75. The van der Waals surface area contributed by atoms with E-state index in [1.807, 2.05) is 38.1 Å². The number of hydrogen-bond acceptors (Lipinski definition) is 4. The maximum Gasteiger partial charge on any atom is 0.260 e. The van der Waals surface area contributed by atoms with Crippen molar-refractivity contribution >= 4 is 11.7 Å². The third-order valence-electron chi connectivity index (χ3n) is 6.07. The zero-order chi connectivity index (χ0) is 20.8. The quantitative estimate of drug-likeness (QED) is 0.760. The Morgan fingerprint density at radius 1 is 1.28 bits per heavy atom. The van der Waals surface area contributed by atoms with Crippen LogP contribution in [0.25, 0.3) is 0 Å². The molecule has 5 heteroatoms. The lowest BCUT2D eigenvalue weighted by atomic mass is 9.71. The maximum atomic E-state index is 13.3. The number of hydrogen-bond donors (Lipinski definition) is 0. The SMILES string of the molecule is CCN(CC)C(=O)COc1ccc2c(c1)C(C)(C)C1=C(C2=O)C2=CC=CCC2O1. The van der Waals surface area contributed by atoms with Crippen LogP contribution in [0, 0.1) is 0 Å². The minimum Gasteiger partial charge on any atom is -0.488 e. The van der Waals surface area contributed by atoms with Crippen molar-refractivity contribution in [3.63, 3.8) is 0 Å². The van der Waals surface area contributed by atoms with Gasteiger partial charge >= 0.3 is 0 Å². The summed E-state index contributed by atoms with van der Waals surface area (Å²) >= 11 is 0. The second kappa shape index (κ2) is 7.21. The van der Waals surface area contributed by atoms with Gasteiger partial charge in [0.1, 0.15) is 17.6 Å². The molecular weight excluding hydrogens is 366 g/mol. The lowest BCUT2D eigenvalue weighted by Crippen LogP contribution is -2.34. The Bertz CT molecular complexity index is 963. The first-order valence-corrected chi connectivity index (χ1v) is 10.3. The summed E-state index contributed by atoms with van der Waals surface area (Å²) in [6.45, 7) is 9.34. The minimum atomic E-state index is -0.459. The highest BCUT2D eigenvalue weighted by molar-refractivity contribution is 6.15. The highest BCUT2D eigenvalue weighted by Crippen LogP contribution is 2.50. The molecule has 1 atom stereocenters. The third kappa shape index (κ3) is 3.09. The zero-order valence-corrected chi connectivity index (χ0v) is 17.5. The van der Waals surface area contributed by atoms with Crippen LogP contribution in [0.15, 0.2) is 53.3 Å². The van der Waals surface area contributed by atoms with Crippen LogP contribution < -0.4 is 4.74 Å². The molecule has 29 heavy (non-hydrogen) atoms. The predicted molar refractivity (Wildman–Crippen MR) is 111 cm³/mol. The Morgan fingerprint density at radius 2 is 2.03 bits per heavy atom.